The van der Waals surface area contributed by atoms with Crippen LogP contribution in [0.2, 0.25) is 5.02 Å². The van der Waals surface area contributed by atoms with E-state index in [0.29, 0.717) is 0 Å². The van der Waals surface area contributed by atoms with Crippen LogP contribution >= 0.6 is 11.6 Å². The number of hydrogen-bond acceptors (Lipinski definition) is 5. The fraction of sp³-hybridized carbons (Fsp3) is 0.143. The molecule has 2 aromatic rings. The second kappa shape index (κ2) is 6.21. The molecular formula is C14H10ClF2NO4S. The molecule has 0 radical (unpaired) electrons. The van der Waals surface area contributed by atoms with Gasteiger partial charge >= 0.3 is 5.97 Å². The van der Waals surface area contributed by atoms with Crippen LogP contribution in [0, 0.1) is 11.6 Å². The van der Waals surface area contributed by atoms with Crippen molar-refractivity contribution in [3.63, 3.8) is 0 Å². The fourth-order valence-corrected chi connectivity index (χ4v) is 2.66. The third-order valence-corrected chi connectivity index (χ3v) is 4.33. The average molecular weight is 362 g/mol. The number of halogens is 3. The van der Waals surface area contributed by atoms with Gasteiger partial charge in [-0.15, -0.1) is 0 Å². The third kappa shape index (κ3) is 3.48. The number of aromatic nitrogens is 1. The van der Waals surface area contributed by atoms with Gasteiger partial charge in [0.15, 0.2) is 21.3 Å². The third-order valence-electron chi connectivity index (χ3n) is 2.93. The standard InChI is InChI=1S/C14H10ClF2NO4S/c1-22-14(19)13-9(15)6-11(17)12(18-13)8-4-3-7(5-10(8)16)23(2,20)21/h3-6H,1-2H3. The first-order valence-electron chi connectivity index (χ1n) is 6.09. The second-order valence-electron chi connectivity index (χ2n) is 4.55. The highest BCUT2D eigenvalue weighted by Gasteiger charge is 2.21. The Labute approximate surface area is 135 Å². The number of rotatable bonds is 3. The molecule has 2 rings (SSSR count). The number of ether oxygens (including phenoxy) is 1. The number of carbonyl (C=O) groups excluding carboxylic acids is 1. The monoisotopic (exact) mass is 361 g/mol. The molecule has 122 valence electrons. The van der Waals surface area contributed by atoms with Crippen molar-refractivity contribution in [1.29, 1.82) is 0 Å². The van der Waals surface area contributed by atoms with Gasteiger partial charge in [0, 0.05) is 11.8 Å². The summed E-state index contributed by atoms with van der Waals surface area (Å²) in [7, 11) is -2.53. The van der Waals surface area contributed by atoms with E-state index >= 15 is 0 Å². The molecule has 23 heavy (non-hydrogen) atoms. The van der Waals surface area contributed by atoms with Crippen molar-refractivity contribution in [2.45, 2.75) is 4.90 Å². The summed E-state index contributed by atoms with van der Waals surface area (Å²) >= 11 is 5.71. The molecule has 9 heteroatoms. The van der Waals surface area contributed by atoms with E-state index < -0.39 is 33.1 Å². The molecule has 0 amide bonds. The van der Waals surface area contributed by atoms with Crippen LogP contribution < -0.4 is 0 Å². The Morgan fingerprint density at radius 1 is 1.22 bits per heavy atom. The Hall–Kier alpha value is -2.06. The molecule has 0 spiro atoms. The summed E-state index contributed by atoms with van der Waals surface area (Å²) in [5, 5.41) is -0.286. The number of methoxy groups -OCH3 is 1. The first-order valence-corrected chi connectivity index (χ1v) is 8.36. The van der Waals surface area contributed by atoms with E-state index in [2.05, 4.69) is 9.72 Å². The predicted molar refractivity (Wildman–Crippen MR) is 79.0 cm³/mol. The molecule has 0 saturated heterocycles. The summed E-state index contributed by atoms with van der Waals surface area (Å²) in [4.78, 5) is 15.0. The van der Waals surface area contributed by atoms with Gasteiger partial charge in [-0.2, -0.15) is 0 Å². The average Bonchev–Trinajstić information content (AvgIpc) is 2.46. The molecule has 1 aromatic heterocycles. The van der Waals surface area contributed by atoms with Crippen LogP contribution in [-0.2, 0) is 14.6 Å². The zero-order valence-electron chi connectivity index (χ0n) is 11.9. The molecule has 1 aromatic carbocycles. The number of esters is 1. The van der Waals surface area contributed by atoms with Crippen molar-refractivity contribution in [1.82, 2.24) is 4.98 Å². The second-order valence-corrected chi connectivity index (χ2v) is 6.98. The zero-order chi connectivity index (χ0) is 17.4. The maximum absolute atomic E-state index is 14.1. The molecule has 0 atom stereocenters. The Morgan fingerprint density at radius 2 is 1.87 bits per heavy atom. The summed E-state index contributed by atoms with van der Waals surface area (Å²) in [6.45, 7) is 0. The number of pyridine rings is 1. The summed E-state index contributed by atoms with van der Waals surface area (Å²) in [5.74, 6) is -2.88. The summed E-state index contributed by atoms with van der Waals surface area (Å²) in [5.41, 5.74) is -1.17. The molecule has 0 aliphatic rings. The Bertz CT molecular complexity index is 900. The maximum Gasteiger partial charge on any atom is 0.358 e. The highest BCUT2D eigenvalue weighted by atomic mass is 35.5. The molecule has 0 unspecified atom stereocenters. The first-order chi connectivity index (χ1) is 10.6. The van der Waals surface area contributed by atoms with Crippen LogP contribution in [0.5, 0.6) is 0 Å². The highest BCUT2D eigenvalue weighted by Crippen LogP contribution is 2.29. The van der Waals surface area contributed by atoms with E-state index in [1.807, 2.05) is 0 Å². The Kier molecular flexibility index (Phi) is 4.67. The van der Waals surface area contributed by atoms with Gasteiger partial charge in [-0.25, -0.2) is 27.0 Å². The molecule has 0 aliphatic heterocycles. The highest BCUT2D eigenvalue weighted by molar-refractivity contribution is 7.90. The lowest BCUT2D eigenvalue weighted by molar-refractivity contribution is 0.0594. The molecule has 0 fully saturated rings. The predicted octanol–water partition coefficient (Wildman–Crippen LogP) is 2.87. The number of sulfone groups is 1. The lowest BCUT2D eigenvalue weighted by Gasteiger charge is -2.09. The van der Waals surface area contributed by atoms with Crippen LogP contribution in [0.25, 0.3) is 11.3 Å². The lowest BCUT2D eigenvalue weighted by atomic mass is 10.1. The molecule has 0 saturated carbocycles. The maximum atomic E-state index is 14.1. The lowest BCUT2D eigenvalue weighted by Crippen LogP contribution is -2.08. The van der Waals surface area contributed by atoms with E-state index in [4.69, 9.17) is 11.6 Å². The minimum absolute atomic E-state index is 0.263. The topological polar surface area (TPSA) is 73.3 Å². The van der Waals surface area contributed by atoms with Gasteiger partial charge < -0.3 is 4.74 Å². The fourth-order valence-electron chi connectivity index (χ4n) is 1.81. The van der Waals surface area contributed by atoms with Crippen LogP contribution in [0.15, 0.2) is 29.2 Å². The minimum Gasteiger partial charge on any atom is -0.464 e. The van der Waals surface area contributed by atoms with Crippen molar-refractivity contribution in [2.75, 3.05) is 13.4 Å². The largest absolute Gasteiger partial charge is 0.464 e. The smallest absolute Gasteiger partial charge is 0.358 e. The zero-order valence-corrected chi connectivity index (χ0v) is 13.5. The molecular weight excluding hydrogens is 352 g/mol. The van der Waals surface area contributed by atoms with E-state index in [1.54, 1.807) is 0 Å². The van der Waals surface area contributed by atoms with Crippen molar-refractivity contribution in [3.05, 3.63) is 46.6 Å². The van der Waals surface area contributed by atoms with Gasteiger partial charge in [-0.05, 0) is 24.3 Å². The van der Waals surface area contributed by atoms with E-state index in [9.17, 15) is 22.0 Å². The van der Waals surface area contributed by atoms with Crippen molar-refractivity contribution in [3.8, 4) is 11.3 Å². The van der Waals surface area contributed by atoms with Gasteiger partial charge in [0.1, 0.15) is 11.5 Å². The van der Waals surface area contributed by atoms with Gasteiger partial charge in [-0.1, -0.05) is 11.6 Å². The van der Waals surface area contributed by atoms with Crippen molar-refractivity contribution in [2.24, 2.45) is 0 Å². The normalized spacial score (nSPS) is 11.3. The van der Waals surface area contributed by atoms with E-state index in [0.717, 1.165) is 37.6 Å². The van der Waals surface area contributed by atoms with Gasteiger partial charge in [0.05, 0.1) is 17.0 Å². The Balaban J connectivity index is 2.65. The van der Waals surface area contributed by atoms with E-state index in [1.165, 1.54) is 0 Å². The molecule has 5 nitrogen and oxygen atoms in total. The van der Waals surface area contributed by atoms with Crippen LogP contribution in [0.4, 0.5) is 8.78 Å². The summed E-state index contributed by atoms with van der Waals surface area (Å²) in [6.07, 6.45) is 0.915. The van der Waals surface area contributed by atoms with Gasteiger partial charge in [0.2, 0.25) is 0 Å². The SMILES string of the molecule is COC(=O)c1nc(-c2ccc(S(C)(=O)=O)cc2F)c(F)cc1Cl. The Morgan fingerprint density at radius 3 is 2.39 bits per heavy atom. The molecule has 0 aliphatic carbocycles. The van der Waals surface area contributed by atoms with Gasteiger partial charge in [0.25, 0.3) is 0 Å². The number of hydrogen-bond donors (Lipinski definition) is 0. The summed E-state index contributed by atoms with van der Waals surface area (Å²) in [6, 6.07) is 3.73. The van der Waals surface area contributed by atoms with Crippen LogP contribution in [0.1, 0.15) is 10.5 Å². The van der Waals surface area contributed by atoms with Crippen molar-refractivity contribution >= 4 is 27.4 Å². The quantitative estimate of drug-likeness (QED) is 0.786. The first kappa shape index (κ1) is 17.3. The number of nitrogens with zero attached hydrogens (tertiary/aromatic N) is 1. The molecule has 0 bridgehead atoms. The van der Waals surface area contributed by atoms with Gasteiger partial charge in [-0.3, -0.25) is 0 Å². The van der Waals surface area contributed by atoms with E-state index in [-0.39, 0.29) is 21.2 Å². The summed E-state index contributed by atoms with van der Waals surface area (Å²) < 4.78 is 55.4. The van der Waals surface area contributed by atoms with Crippen LogP contribution in [0.3, 0.4) is 0 Å². The number of carbonyl (C=O) groups is 1. The minimum atomic E-state index is -3.62. The molecule has 0 N–H and O–H groups in total. The van der Waals surface area contributed by atoms with Crippen LogP contribution in [-0.4, -0.2) is 32.7 Å². The number of benzene rings is 1. The van der Waals surface area contributed by atoms with Crippen molar-refractivity contribution < 1.29 is 26.7 Å². The molecule has 1 heterocycles.